The Kier molecular flexibility index (Phi) is 4.56. The molecule has 3 nitrogen and oxygen atoms in total. The standard InChI is InChI=1S/C17H22N2OS/c1-12(2)13-3-5-14(6-4-13)20-10-8-17-19-15-7-9-18-11-16(15)21-17/h3-6,12,18H,7-11H2,1-2H3. The Morgan fingerprint density at radius 1 is 1.29 bits per heavy atom. The van der Waals surface area contributed by atoms with Crippen molar-refractivity contribution in [3.05, 3.63) is 45.4 Å². The monoisotopic (exact) mass is 302 g/mol. The zero-order chi connectivity index (χ0) is 14.7. The maximum Gasteiger partial charge on any atom is 0.119 e. The lowest BCUT2D eigenvalue weighted by Gasteiger charge is -2.09. The minimum atomic E-state index is 0.564. The van der Waals surface area contributed by atoms with Gasteiger partial charge in [-0.1, -0.05) is 26.0 Å². The van der Waals surface area contributed by atoms with Crippen molar-refractivity contribution in [3.8, 4) is 5.75 Å². The molecule has 2 heterocycles. The molecule has 1 aliphatic rings. The molecule has 0 unspecified atom stereocenters. The van der Waals surface area contributed by atoms with Crippen LogP contribution in [-0.2, 0) is 19.4 Å². The fourth-order valence-corrected chi connectivity index (χ4v) is 3.56. The highest BCUT2D eigenvalue weighted by Crippen LogP contribution is 2.22. The van der Waals surface area contributed by atoms with Gasteiger partial charge in [0.25, 0.3) is 0 Å². The summed E-state index contributed by atoms with van der Waals surface area (Å²) >= 11 is 1.82. The lowest BCUT2D eigenvalue weighted by molar-refractivity contribution is 0.321. The van der Waals surface area contributed by atoms with Crippen molar-refractivity contribution >= 4 is 11.3 Å². The van der Waals surface area contributed by atoms with E-state index in [1.807, 2.05) is 11.3 Å². The number of rotatable bonds is 5. The van der Waals surface area contributed by atoms with Crippen LogP contribution in [0.25, 0.3) is 0 Å². The number of benzene rings is 1. The van der Waals surface area contributed by atoms with Crippen LogP contribution >= 0.6 is 11.3 Å². The molecule has 0 amide bonds. The predicted molar refractivity (Wildman–Crippen MR) is 87.3 cm³/mol. The van der Waals surface area contributed by atoms with Crippen LogP contribution in [0.1, 0.15) is 40.9 Å². The molecule has 1 aliphatic heterocycles. The second-order valence-electron chi connectivity index (χ2n) is 5.73. The fourth-order valence-electron chi connectivity index (χ4n) is 2.49. The summed E-state index contributed by atoms with van der Waals surface area (Å²) in [6.45, 7) is 7.13. The van der Waals surface area contributed by atoms with Gasteiger partial charge in [-0.25, -0.2) is 4.98 Å². The Morgan fingerprint density at radius 3 is 2.81 bits per heavy atom. The van der Waals surface area contributed by atoms with Gasteiger partial charge in [0.15, 0.2) is 0 Å². The van der Waals surface area contributed by atoms with E-state index >= 15 is 0 Å². The summed E-state index contributed by atoms with van der Waals surface area (Å²) in [6.07, 6.45) is 1.95. The molecule has 2 aromatic rings. The maximum absolute atomic E-state index is 5.83. The van der Waals surface area contributed by atoms with Crippen LogP contribution < -0.4 is 10.1 Å². The van der Waals surface area contributed by atoms with E-state index < -0.39 is 0 Å². The number of fused-ring (bicyclic) bond motifs is 1. The average molecular weight is 302 g/mol. The van der Waals surface area contributed by atoms with Gasteiger partial charge in [0.2, 0.25) is 0 Å². The number of ether oxygens (including phenoxy) is 1. The van der Waals surface area contributed by atoms with Gasteiger partial charge in [-0.3, -0.25) is 0 Å². The summed E-state index contributed by atoms with van der Waals surface area (Å²) in [5, 5.41) is 4.59. The van der Waals surface area contributed by atoms with Gasteiger partial charge in [0.05, 0.1) is 17.3 Å². The predicted octanol–water partition coefficient (Wildman–Crippen LogP) is 3.53. The molecule has 1 N–H and O–H groups in total. The molecule has 21 heavy (non-hydrogen) atoms. The van der Waals surface area contributed by atoms with Crippen LogP contribution in [-0.4, -0.2) is 18.1 Å². The zero-order valence-corrected chi connectivity index (χ0v) is 13.5. The van der Waals surface area contributed by atoms with Gasteiger partial charge in [0.1, 0.15) is 5.75 Å². The molecular formula is C17H22N2OS. The fraction of sp³-hybridized carbons (Fsp3) is 0.471. The number of hydrogen-bond acceptors (Lipinski definition) is 4. The molecule has 0 aliphatic carbocycles. The summed E-state index contributed by atoms with van der Waals surface area (Å²) < 4.78 is 5.83. The quantitative estimate of drug-likeness (QED) is 0.917. The molecule has 0 spiro atoms. The van der Waals surface area contributed by atoms with Gasteiger partial charge in [-0.2, -0.15) is 0 Å². The smallest absolute Gasteiger partial charge is 0.119 e. The normalized spacial score (nSPS) is 14.2. The van der Waals surface area contributed by atoms with Crippen molar-refractivity contribution in [1.29, 1.82) is 0 Å². The summed E-state index contributed by atoms with van der Waals surface area (Å²) in [4.78, 5) is 6.12. The zero-order valence-electron chi connectivity index (χ0n) is 12.7. The van der Waals surface area contributed by atoms with Crippen LogP contribution in [0.5, 0.6) is 5.75 Å². The highest BCUT2D eigenvalue weighted by Gasteiger charge is 2.14. The Hall–Kier alpha value is -1.39. The molecule has 0 saturated carbocycles. The van der Waals surface area contributed by atoms with Crippen molar-refractivity contribution in [2.45, 2.75) is 39.2 Å². The molecule has 0 radical (unpaired) electrons. The molecule has 1 aromatic carbocycles. The van der Waals surface area contributed by atoms with Crippen molar-refractivity contribution in [1.82, 2.24) is 10.3 Å². The van der Waals surface area contributed by atoms with E-state index in [2.05, 4.69) is 43.4 Å². The topological polar surface area (TPSA) is 34.1 Å². The van der Waals surface area contributed by atoms with Crippen LogP contribution in [0.2, 0.25) is 0 Å². The minimum absolute atomic E-state index is 0.564. The van der Waals surface area contributed by atoms with E-state index in [4.69, 9.17) is 9.72 Å². The highest BCUT2D eigenvalue weighted by atomic mass is 32.1. The van der Waals surface area contributed by atoms with Gasteiger partial charge < -0.3 is 10.1 Å². The summed E-state index contributed by atoms with van der Waals surface area (Å²) in [6, 6.07) is 8.42. The van der Waals surface area contributed by atoms with E-state index in [-0.39, 0.29) is 0 Å². The number of hydrogen-bond donors (Lipinski definition) is 1. The lowest BCUT2D eigenvalue weighted by Crippen LogP contribution is -2.22. The molecule has 1 aromatic heterocycles. The molecule has 0 fully saturated rings. The Balaban J connectivity index is 1.52. The van der Waals surface area contributed by atoms with Crippen molar-refractivity contribution in [3.63, 3.8) is 0 Å². The van der Waals surface area contributed by atoms with E-state index in [0.29, 0.717) is 12.5 Å². The van der Waals surface area contributed by atoms with Crippen LogP contribution in [0.4, 0.5) is 0 Å². The maximum atomic E-state index is 5.83. The Bertz CT molecular complexity index is 566. The Morgan fingerprint density at radius 2 is 2.10 bits per heavy atom. The largest absolute Gasteiger partial charge is 0.493 e. The minimum Gasteiger partial charge on any atom is -0.493 e. The first-order valence-corrected chi connectivity index (χ1v) is 8.45. The average Bonchev–Trinajstić information content (AvgIpc) is 2.90. The first kappa shape index (κ1) is 14.5. The van der Waals surface area contributed by atoms with Gasteiger partial charge in [-0.05, 0) is 23.6 Å². The number of thiazole rings is 1. The molecular weight excluding hydrogens is 280 g/mol. The van der Waals surface area contributed by atoms with Gasteiger partial charge in [-0.15, -0.1) is 11.3 Å². The van der Waals surface area contributed by atoms with Crippen LogP contribution in [0.3, 0.4) is 0 Å². The summed E-state index contributed by atoms with van der Waals surface area (Å²) in [7, 11) is 0. The lowest BCUT2D eigenvalue weighted by atomic mass is 10.0. The van der Waals surface area contributed by atoms with Crippen molar-refractivity contribution in [2.24, 2.45) is 0 Å². The molecule has 0 atom stereocenters. The van der Waals surface area contributed by atoms with E-state index in [0.717, 1.165) is 31.7 Å². The molecule has 0 saturated heterocycles. The SMILES string of the molecule is CC(C)c1ccc(OCCc2nc3c(s2)CNCC3)cc1. The Labute approximate surface area is 130 Å². The molecule has 4 heteroatoms. The second kappa shape index (κ2) is 6.58. The summed E-state index contributed by atoms with van der Waals surface area (Å²) in [5.74, 6) is 1.51. The van der Waals surface area contributed by atoms with Crippen LogP contribution in [0, 0.1) is 0 Å². The van der Waals surface area contributed by atoms with Crippen molar-refractivity contribution in [2.75, 3.05) is 13.2 Å². The summed E-state index contributed by atoms with van der Waals surface area (Å²) in [5.41, 5.74) is 2.64. The van der Waals surface area contributed by atoms with Crippen LogP contribution in [0.15, 0.2) is 24.3 Å². The first-order chi connectivity index (χ1) is 10.2. The van der Waals surface area contributed by atoms with Crippen molar-refractivity contribution < 1.29 is 4.74 Å². The van der Waals surface area contributed by atoms with E-state index in [9.17, 15) is 0 Å². The van der Waals surface area contributed by atoms with E-state index in [1.165, 1.54) is 21.1 Å². The first-order valence-electron chi connectivity index (χ1n) is 7.63. The third-order valence-electron chi connectivity index (χ3n) is 3.78. The van der Waals surface area contributed by atoms with Gasteiger partial charge in [0, 0.05) is 30.8 Å². The van der Waals surface area contributed by atoms with E-state index in [1.54, 1.807) is 0 Å². The second-order valence-corrected chi connectivity index (χ2v) is 6.89. The highest BCUT2D eigenvalue weighted by molar-refractivity contribution is 7.11. The molecule has 112 valence electrons. The third kappa shape index (κ3) is 3.63. The third-order valence-corrected chi connectivity index (χ3v) is 4.94. The number of aromatic nitrogens is 1. The molecule has 0 bridgehead atoms. The number of nitrogens with one attached hydrogen (secondary N) is 1. The number of nitrogens with zero attached hydrogens (tertiary/aromatic N) is 1. The molecule has 3 rings (SSSR count). The van der Waals surface area contributed by atoms with Gasteiger partial charge >= 0.3 is 0 Å².